The van der Waals surface area contributed by atoms with Crippen molar-refractivity contribution in [2.75, 3.05) is 6.61 Å². The zero-order chi connectivity index (χ0) is 10.6. The van der Waals surface area contributed by atoms with Crippen LogP contribution in [0.3, 0.4) is 0 Å². The number of carbonyl (C=O) groups excluding carboxylic acids is 2. The van der Waals surface area contributed by atoms with Crippen molar-refractivity contribution in [3.05, 3.63) is 12.7 Å². The number of rotatable bonds is 4. The summed E-state index contributed by atoms with van der Waals surface area (Å²) >= 11 is 0. The molecule has 0 spiro atoms. The number of carbonyl (C=O) groups is 2. The summed E-state index contributed by atoms with van der Waals surface area (Å²) in [6, 6.07) is -0.708. The molecular weight excluding hydrogens is 186 g/mol. The van der Waals surface area contributed by atoms with Crippen molar-refractivity contribution in [3.63, 3.8) is 0 Å². The summed E-state index contributed by atoms with van der Waals surface area (Å²) in [7, 11) is 0. The Balaban J connectivity index is 2.60. The van der Waals surface area contributed by atoms with Crippen molar-refractivity contribution in [1.82, 2.24) is 5.32 Å². The highest BCUT2D eigenvalue weighted by Crippen LogP contribution is 2.14. The Hall–Kier alpha value is -1.52. The molecule has 78 valence electrons. The van der Waals surface area contributed by atoms with Crippen LogP contribution in [0.1, 0.15) is 13.3 Å². The average Bonchev–Trinajstić information content (AvgIpc) is 2.48. The van der Waals surface area contributed by atoms with Gasteiger partial charge in [-0.15, -0.1) is 6.58 Å². The van der Waals surface area contributed by atoms with Crippen molar-refractivity contribution in [1.29, 1.82) is 0 Å². The van der Waals surface area contributed by atoms with Crippen LogP contribution in [-0.4, -0.2) is 30.8 Å². The van der Waals surface area contributed by atoms with Crippen LogP contribution in [-0.2, 0) is 14.3 Å². The maximum absolute atomic E-state index is 11.3. The van der Waals surface area contributed by atoms with Crippen molar-refractivity contribution in [2.24, 2.45) is 0 Å². The van der Waals surface area contributed by atoms with Gasteiger partial charge < -0.3 is 14.8 Å². The van der Waals surface area contributed by atoms with Crippen LogP contribution in [0.15, 0.2) is 12.7 Å². The summed E-state index contributed by atoms with van der Waals surface area (Å²) in [6.07, 6.45) is 0.938. The van der Waals surface area contributed by atoms with Crippen LogP contribution < -0.4 is 5.32 Å². The van der Waals surface area contributed by atoms with Gasteiger partial charge in [-0.05, 0) is 6.92 Å². The molecule has 14 heavy (non-hydrogen) atoms. The number of cyclic esters (lactones) is 1. The van der Waals surface area contributed by atoms with E-state index in [1.165, 1.54) is 0 Å². The van der Waals surface area contributed by atoms with Gasteiger partial charge in [0.25, 0.3) is 0 Å². The van der Waals surface area contributed by atoms with Gasteiger partial charge in [-0.3, -0.25) is 0 Å². The molecule has 0 aromatic carbocycles. The number of nitrogens with one attached hydrogen (secondary N) is 1. The normalized spacial score (nSPS) is 25.1. The molecule has 5 nitrogen and oxygen atoms in total. The van der Waals surface area contributed by atoms with Crippen molar-refractivity contribution in [2.45, 2.75) is 25.5 Å². The van der Waals surface area contributed by atoms with Gasteiger partial charge in [0.15, 0.2) is 6.04 Å². The molecule has 0 aromatic rings. The average molecular weight is 199 g/mol. The van der Waals surface area contributed by atoms with E-state index >= 15 is 0 Å². The van der Waals surface area contributed by atoms with Gasteiger partial charge in [0, 0.05) is 6.42 Å². The van der Waals surface area contributed by atoms with E-state index in [0.717, 1.165) is 0 Å². The van der Waals surface area contributed by atoms with E-state index in [1.54, 1.807) is 13.0 Å². The number of amides is 1. The first kappa shape index (κ1) is 10.6. The topological polar surface area (TPSA) is 64.6 Å². The third kappa shape index (κ3) is 2.25. The quantitative estimate of drug-likeness (QED) is 0.532. The van der Waals surface area contributed by atoms with Gasteiger partial charge in [-0.1, -0.05) is 6.08 Å². The Morgan fingerprint density at radius 2 is 2.50 bits per heavy atom. The first-order valence-electron chi connectivity index (χ1n) is 4.43. The highest BCUT2D eigenvalue weighted by molar-refractivity contribution is 5.84. The second kappa shape index (κ2) is 4.64. The zero-order valence-electron chi connectivity index (χ0n) is 7.99. The summed E-state index contributed by atoms with van der Waals surface area (Å²) in [5, 5.41) is 2.39. The molecule has 0 radical (unpaired) electrons. The molecule has 0 aromatic heterocycles. The molecule has 1 aliphatic heterocycles. The lowest BCUT2D eigenvalue weighted by Crippen LogP contribution is -2.40. The molecule has 2 unspecified atom stereocenters. The maximum Gasteiger partial charge on any atom is 0.408 e. The molecule has 1 rings (SSSR count). The van der Waals surface area contributed by atoms with Gasteiger partial charge in [-0.2, -0.15) is 0 Å². The summed E-state index contributed by atoms with van der Waals surface area (Å²) in [5.41, 5.74) is 0. The van der Waals surface area contributed by atoms with E-state index in [1.807, 2.05) is 0 Å². The van der Waals surface area contributed by atoms with E-state index < -0.39 is 24.2 Å². The van der Waals surface area contributed by atoms with E-state index in [0.29, 0.717) is 6.42 Å². The van der Waals surface area contributed by atoms with E-state index in [2.05, 4.69) is 11.9 Å². The molecule has 5 heteroatoms. The monoisotopic (exact) mass is 199 g/mol. The maximum atomic E-state index is 11.3. The predicted octanol–water partition coefficient (Wildman–Crippen LogP) is 0.603. The molecule has 2 atom stereocenters. The third-order valence-electron chi connectivity index (χ3n) is 1.84. The van der Waals surface area contributed by atoms with Gasteiger partial charge in [0.05, 0.1) is 6.61 Å². The molecule has 0 bridgehead atoms. The standard InChI is InChI=1S/C9H13NO4/c1-3-5-6-7(8(11)13-4-2)10-9(12)14-6/h3,6-7H,1,4-5H2,2H3,(H,10,12). The predicted molar refractivity (Wildman–Crippen MR) is 48.6 cm³/mol. The lowest BCUT2D eigenvalue weighted by molar-refractivity contribution is -0.146. The molecule has 1 saturated heterocycles. The van der Waals surface area contributed by atoms with Crippen LogP contribution in [0.4, 0.5) is 4.79 Å². The minimum Gasteiger partial charge on any atom is -0.464 e. The van der Waals surface area contributed by atoms with E-state index in [-0.39, 0.29) is 6.61 Å². The highest BCUT2D eigenvalue weighted by Gasteiger charge is 2.39. The number of ether oxygens (including phenoxy) is 2. The fraction of sp³-hybridized carbons (Fsp3) is 0.556. The second-order valence-corrected chi connectivity index (χ2v) is 2.84. The van der Waals surface area contributed by atoms with Gasteiger partial charge in [0.1, 0.15) is 6.10 Å². The Morgan fingerprint density at radius 3 is 3.07 bits per heavy atom. The van der Waals surface area contributed by atoms with E-state index in [4.69, 9.17) is 9.47 Å². The second-order valence-electron chi connectivity index (χ2n) is 2.84. The summed E-state index contributed by atoms with van der Waals surface area (Å²) in [5.74, 6) is -0.467. The Labute approximate surface area is 82.1 Å². The Bertz CT molecular complexity index is 251. The lowest BCUT2D eigenvalue weighted by Gasteiger charge is -2.13. The smallest absolute Gasteiger partial charge is 0.408 e. The number of hydrogen-bond donors (Lipinski definition) is 1. The Kier molecular flexibility index (Phi) is 3.50. The SMILES string of the molecule is C=CCC1OC(=O)NC1C(=O)OCC. The number of hydrogen-bond acceptors (Lipinski definition) is 4. The fourth-order valence-electron chi connectivity index (χ4n) is 1.25. The van der Waals surface area contributed by atoms with Crippen molar-refractivity contribution in [3.8, 4) is 0 Å². The molecule has 0 aliphatic carbocycles. The van der Waals surface area contributed by atoms with Crippen LogP contribution in [0.25, 0.3) is 0 Å². The largest absolute Gasteiger partial charge is 0.464 e. The first-order chi connectivity index (χ1) is 6.69. The molecule has 1 aliphatic rings. The first-order valence-corrected chi connectivity index (χ1v) is 4.43. The summed E-state index contributed by atoms with van der Waals surface area (Å²) in [4.78, 5) is 22.2. The van der Waals surface area contributed by atoms with Gasteiger partial charge in [-0.25, -0.2) is 9.59 Å². The summed E-state index contributed by atoms with van der Waals surface area (Å²) in [6.45, 7) is 5.51. The van der Waals surface area contributed by atoms with Crippen LogP contribution >= 0.6 is 0 Å². The molecule has 1 N–H and O–H groups in total. The molecule has 0 saturated carbocycles. The van der Waals surface area contributed by atoms with Gasteiger partial charge >= 0.3 is 12.1 Å². The molecule has 1 heterocycles. The number of esters is 1. The van der Waals surface area contributed by atoms with Crippen LogP contribution in [0.5, 0.6) is 0 Å². The summed E-state index contributed by atoms with van der Waals surface area (Å²) < 4.78 is 9.64. The zero-order valence-corrected chi connectivity index (χ0v) is 7.99. The van der Waals surface area contributed by atoms with Crippen LogP contribution in [0.2, 0.25) is 0 Å². The number of alkyl carbamates (subject to hydrolysis) is 1. The molecular formula is C9H13NO4. The fourth-order valence-corrected chi connectivity index (χ4v) is 1.25. The minimum atomic E-state index is -0.708. The molecule has 1 amide bonds. The lowest BCUT2D eigenvalue weighted by atomic mass is 10.1. The highest BCUT2D eigenvalue weighted by atomic mass is 16.6. The van der Waals surface area contributed by atoms with Gasteiger partial charge in [0.2, 0.25) is 0 Å². The molecule has 1 fully saturated rings. The van der Waals surface area contributed by atoms with Crippen LogP contribution in [0, 0.1) is 0 Å². The third-order valence-corrected chi connectivity index (χ3v) is 1.84. The Morgan fingerprint density at radius 1 is 1.79 bits per heavy atom. The van der Waals surface area contributed by atoms with E-state index in [9.17, 15) is 9.59 Å². The minimum absolute atomic E-state index is 0.284. The van der Waals surface area contributed by atoms with Crippen molar-refractivity contribution < 1.29 is 19.1 Å². The van der Waals surface area contributed by atoms with Crippen molar-refractivity contribution >= 4 is 12.1 Å².